The van der Waals surface area contributed by atoms with Crippen molar-refractivity contribution in [1.82, 2.24) is 15.0 Å². The zero-order chi connectivity index (χ0) is 14.7. The molecule has 1 N–H and O–H groups in total. The highest BCUT2D eigenvalue weighted by molar-refractivity contribution is 9.10. The molecule has 106 valence electrons. The largest absolute Gasteiger partial charge is 0.421 e. The number of nitrogens with zero attached hydrogens (tertiary/aromatic N) is 3. The second-order valence-corrected chi connectivity index (χ2v) is 4.80. The van der Waals surface area contributed by atoms with Crippen LogP contribution < -0.4 is 10.1 Å². The van der Waals surface area contributed by atoms with E-state index in [1.54, 1.807) is 0 Å². The van der Waals surface area contributed by atoms with Crippen LogP contribution in [0.1, 0.15) is 6.92 Å². The topological polar surface area (TPSA) is 59.9 Å². The average molecular weight is 366 g/mol. The molecule has 0 saturated heterocycles. The average Bonchev–Trinajstić information content (AvgIpc) is 2.35. The molecule has 0 aliphatic rings. The Labute approximate surface area is 126 Å². The maximum absolute atomic E-state index is 13.6. The van der Waals surface area contributed by atoms with E-state index in [9.17, 15) is 8.78 Å². The van der Waals surface area contributed by atoms with Crippen LogP contribution in [-0.2, 0) is 0 Å². The molecule has 0 aliphatic carbocycles. The molecule has 0 amide bonds. The quantitative estimate of drug-likeness (QED) is 0.835. The Morgan fingerprint density at radius 1 is 1.30 bits per heavy atom. The van der Waals surface area contributed by atoms with Gasteiger partial charge in [-0.1, -0.05) is 15.9 Å². The molecule has 1 aromatic heterocycles. The molecule has 9 heteroatoms. The summed E-state index contributed by atoms with van der Waals surface area (Å²) in [5.74, 6) is -2.38. The zero-order valence-corrected chi connectivity index (χ0v) is 12.5. The normalized spacial score (nSPS) is 10.4. The van der Waals surface area contributed by atoms with E-state index in [2.05, 4.69) is 36.2 Å². The first kappa shape index (κ1) is 14.9. The van der Waals surface area contributed by atoms with Crippen LogP contribution in [0.4, 0.5) is 14.7 Å². The predicted molar refractivity (Wildman–Crippen MR) is 73.1 cm³/mol. The van der Waals surface area contributed by atoms with Gasteiger partial charge in [0.15, 0.2) is 11.6 Å². The van der Waals surface area contributed by atoms with E-state index < -0.39 is 11.6 Å². The number of benzene rings is 1. The van der Waals surface area contributed by atoms with E-state index in [-0.39, 0.29) is 23.0 Å². The number of anilines is 1. The van der Waals surface area contributed by atoms with Crippen molar-refractivity contribution in [1.29, 1.82) is 0 Å². The first-order valence-electron chi connectivity index (χ1n) is 5.47. The maximum atomic E-state index is 13.6. The first-order chi connectivity index (χ1) is 9.49. The molecule has 0 saturated carbocycles. The summed E-state index contributed by atoms with van der Waals surface area (Å²) >= 11 is 8.73. The van der Waals surface area contributed by atoms with Gasteiger partial charge in [-0.05, 0) is 30.7 Å². The van der Waals surface area contributed by atoms with Crippen LogP contribution in [-0.4, -0.2) is 21.5 Å². The van der Waals surface area contributed by atoms with Gasteiger partial charge >= 0.3 is 6.01 Å². The molecule has 0 bridgehead atoms. The summed E-state index contributed by atoms with van der Waals surface area (Å²) in [5.41, 5.74) is 0. The lowest BCUT2D eigenvalue weighted by atomic mass is 10.3. The Morgan fingerprint density at radius 2 is 2.05 bits per heavy atom. The smallest absolute Gasteiger partial charge is 0.328 e. The van der Waals surface area contributed by atoms with Gasteiger partial charge in [-0.15, -0.1) is 0 Å². The van der Waals surface area contributed by atoms with E-state index in [4.69, 9.17) is 16.3 Å². The van der Waals surface area contributed by atoms with Crippen molar-refractivity contribution in [2.45, 2.75) is 6.92 Å². The third kappa shape index (κ3) is 3.51. The van der Waals surface area contributed by atoms with Crippen LogP contribution in [0, 0.1) is 11.6 Å². The van der Waals surface area contributed by atoms with Crippen molar-refractivity contribution >= 4 is 33.5 Å². The molecule has 0 aliphatic heterocycles. The van der Waals surface area contributed by atoms with Crippen molar-refractivity contribution in [3.8, 4) is 11.8 Å². The molecule has 1 heterocycles. The molecule has 5 nitrogen and oxygen atoms in total. The van der Waals surface area contributed by atoms with Crippen molar-refractivity contribution in [3.05, 3.63) is 33.5 Å². The molecular formula is C11H8BrClF2N4O. The minimum Gasteiger partial charge on any atom is -0.421 e. The van der Waals surface area contributed by atoms with Gasteiger partial charge in [-0.3, -0.25) is 0 Å². The molecule has 0 unspecified atom stereocenters. The standard InChI is InChI=1S/C11H8BrClF2N4O/c1-2-16-10-17-9(13)18-11(19-10)20-7-4-5(12)3-6(14)8(7)15/h3-4H,2H2,1H3,(H,16,17,18,19). The van der Waals surface area contributed by atoms with Crippen molar-refractivity contribution in [2.75, 3.05) is 11.9 Å². The molecule has 20 heavy (non-hydrogen) atoms. The van der Waals surface area contributed by atoms with E-state index in [0.717, 1.165) is 6.07 Å². The van der Waals surface area contributed by atoms with Gasteiger partial charge in [0.05, 0.1) is 0 Å². The van der Waals surface area contributed by atoms with Gasteiger partial charge in [-0.2, -0.15) is 19.3 Å². The summed E-state index contributed by atoms with van der Waals surface area (Å²) in [4.78, 5) is 11.4. The number of ether oxygens (including phenoxy) is 1. The van der Waals surface area contributed by atoms with Crippen LogP contribution in [0.3, 0.4) is 0 Å². The molecule has 0 spiro atoms. The minimum atomic E-state index is -1.14. The van der Waals surface area contributed by atoms with Gasteiger partial charge in [0.2, 0.25) is 17.0 Å². The van der Waals surface area contributed by atoms with Crippen LogP contribution >= 0.6 is 27.5 Å². The van der Waals surface area contributed by atoms with Crippen LogP contribution in [0.2, 0.25) is 5.28 Å². The van der Waals surface area contributed by atoms with Gasteiger partial charge in [0, 0.05) is 11.0 Å². The second kappa shape index (κ2) is 6.27. The van der Waals surface area contributed by atoms with Gasteiger partial charge < -0.3 is 10.1 Å². The summed E-state index contributed by atoms with van der Waals surface area (Å²) < 4.78 is 32.2. The summed E-state index contributed by atoms with van der Waals surface area (Å²) in [7, 11) is 0. The Kier molecular flexibility index (Phi) is 4.66. The number of nitrogens with one attached hydrogen (secondary N) is 1. The fraction of sp³-hybridized carbons (Fsp3) is 0.182. The van der Waals surface area contributed by atoms with Crippen LogP contribution in [0.5, 0.6) is 11.8 Å². The van der Waals surface area contributed by atoms with E-state index in [0.29, 0.717) is 11.0 Å². The highest BCUT2D eigenvalue weighted by Gasteiger charge is 2.14. The van der Waals surface area contributed by atoms with E-state index in [1.807, 2.05) is 6.92 Å². The number of halogens is 4. The van der Waals surface area contributed by atoms with Crippen molar-refractivity contribution in [2.24, 2.45) is 0 Å². The number of aromatic nitrogens is 3. The first-order valence-corrected chi connectivity index (χ1v) is 6.64. The Balaban J connectivity index is 2.34. The van der Waals surface area contributed by atoms with Crippen molar-refractivity contribution < 1.29 is 13.5 Å². The Morgan fingerprint density at radius 3 is 2.75 bits per heavy atom. The van der Waals surface area contributed by atoms with E-state index in [1.165, 1.54) is 6.07 Å². The Hall–Kier alpha value is -1.54. The third-order valence-corrected chi connectivity index (χ3v) is 2.71. The molecule has 0 fully saturated rings. The minimum absolute atomic E-state index is 0.123. The predicted octanol–water partition coefficient (Wildman–Crippen LogP) is 3.79. The zero-order valence-electron chi connectivity index (χ0n) is 10.1. The van der Waals surface area contributed by atoms with Crippen LogP contribution in [0.15, 0.2) is 16.6 Å². The van der Waals surface area contributed by atoms with Crippen LogP contribution in [0.25, 0.3) is 0 Å². The molecule has 0 atom stereocenters. The molecule has 2 rings (SSSR count). The molecular weight excluding hydrogens is 358 g/mol. The van der Waals surface area contributed by atoms with Gasteiger partial charge in [-0.25, -0.2) is 4.39 Å². The molecule has 1 aromatic carbocycles. The summed E-state index contributed by atoms with van der Waals surface area (Å²) in [6.45, 7) is 2.39. The van der Waals surface area contributed by atoms with Gasteiger partial charge in [0.25, 0.3) is 0 Å². The maximum Gasteiger partial charge on any atom is 0.328 e. The third-order valence-electron chi connectivity index (χ3n) is 2.08. The lowest BCUT2D eigenvalue weighted by Gasteiger charge is -2.08. The summed E-state index contributed by atoms with van der Waals surface area (Å²) in [6, 6.07) is 1.99. The lowest BCUT2D eigenvalue weighted by Crippen LogP contribution is -2.05. The number of hydrogen-bond donors (Lipinski definition) is 1. The van der Waals surface area contributed by atoms with E-state index >= 15 is 0 Å². The molecule has 2 aromatic rings. The Bertz CT molecular complexity index is 644. The number of hydrogen-bond acceptors (Lipinski definition) is 5. The monoisotopic (exact) mass is 364 g/mol. The second-order valence-electron chi connectivity index (χ2n) is 3.54. The fourth-order valence-corrected chi connectivity index (χ4v) is 1.88. The molecule has 0 radical (unpaired) electrons. The van der Waals surface area contributed by atoms with Crippen molar-refractivity contribution in [3.63, 3.8) is 0 Å². The summed E-state index contributed by atoms with van der Waals surface area (Å²) in [6.07, 6.45) is 0. The lowest BCUT2D eigenvalue weighted by molar-refractivity contribution is 0.391. The fourth-order valence-electron chi connectivity index (χ4n) is 1.32. The SMILES string of the molecule is CCNc1nc(Cl)nc(Oc2cc(Br)cc(F)c2F)n1. The van der Waals surface area contributed by atoms with Gasteiger partial charge in [0.1, 0.15) is 0 Å². The number of rotatable bonds is 4. The highest BCUT2D eigenvalue weighted by Crippen LogP contribution is 2.28. The summed E-state index contributed by atoms with van der Waals surface area (Å²) in [5, 5.41) is 2.68. The highest BCUT2D eigenvalue weighted by atomic mass is 79.9.